The highest BCUT2D eigenvalue weighted by atomic mass is 16.4. The highest BCUT2D eigenvalue weighted by Crippen LogP contribution is 2.06. The van der Waals surface area contributed by atoms with Crippen LogP contribution in [0.3, 0.4) is 0 Å². The van der Waals surface area contributed by atoms with Gasteiger partial charge < -0.3 is 123 Å². The molecule has 0 rings (SSSR count). The Morgan fingerprint density at radius 2 is 0.229 bits per heavy atom. The van der Waals surface area contributed by atoms with Crippen LogP contribution in [0.2, 0.25) is 0 Å². The van der Waals surface area contributed by atoms with Crippen molar-refractivity contribution >= 4 is 0 Å². The van der Waals surface area contributed by atoms with E-state index in [1.165, 1.54) is 0 Å². The second-order valence-corrected chi connectivity index (χ2v) is 9.92. The van der Waals surface area contributed by atoms with Gasteiger partial charge in [0.15, 0.2) is 0 Å². The predicted molar refractivity (Wildman–Crippen MR) is 153 cm³/mol. The van der Waals surface area contributed by atoms with Crippen molar-refractivity contribution in [2.24, 2.45) is 0 Å². The topological polar surface area (TPSA) is 486 Å². The first kappa shape index (κ1) is 53.8. The van der Waals surface area contributed by atoms with Gasteiger partial charge in [0.25, 0.3) is 0 Å². The summed E-state index contributed by atoms with van der Waals surface area (Å²) in [4.78, 5) is 0. The summed E-state index contributed by atoms with van der Waals surface area (Å²) >= 11 is 0. The molecule has 24 N–H and O–H groups in total. The van der Waals surface area contributed by atoms with Gasteiger partial charge in [-0.1, -0.05) is 0 Å². The molecule has 0 radical (unpaired) electrons. The summed E-state index contributed by atoms with van der Waals surface area (Å²) in [5, 5.41) is 209. The van der Waals surface area contributed by atoms with Crippen molar-refractivity contribution in [3.63, 3.8) is 0 Å². The molecular formula is C24H56O24. The molecule has 24 heteroatoms. The Hall–Kier alpha value is -0.960. The number of rotatable bonds is 20. The van der Waals surface area contributed by atoms with E-state index in [0.29, 0.717) is 0 Å². The Kier molecular flexibility index (Phi) is 34.6. The van der Waals surface area contributed by atoms with Gasteiger partial charge in [0.2, 0.25) is 0 Å². The summed E-state index contributed by atoms with van der Waals surface area (Å²) in [5.74, 6) is 0. The standard InChI is InChI=1S/4C6H14O6/c4*7-1-3(9)5(11)6(12)4(10)2-8/h4*3-12H,1-2H2/t4*3-,4+,5-,6-/m1111/s1. The predicted octanol–water partition coefficient (Wildman–Crippen LogP) is -14.3. The summed E-state index contributed by atoms with van der Waals surface area (Å²) in [5.41, 5.74) is 0. The molecule has 48 heavy (non-hydrogen) atoms. The highest BCUT2D eigenvalue weighted by Gasteiger charge is 2.31. The van der Waals surface area contributed by atoms with E-state index in [1.807, 2.05) is 0 Å². The lowest BCUT2D eigenvalue weighted by atomic mass is 10.0. The van der Waals surface area contributed by atoms with Crippen LogP contribution in [0.15, 0.2) is 0 Å². The smallest absolute Gasteiger partial charge is 0.111 e. The van der Waals surface area contributed by atoms with Gasteiger partial charge in [-0.3, -0.25) is 0 Å². The molecule has 0 aliphatic carbocycles. The highest BCUT2D eigenvalue weighted by molar-refractivity contribution is 4.82. The minimum atomic E-state index is -1.67. The normalized spacial score (nSPS) is 21.5. The lowest BCUT2D eigenvalue weighted by Crippen LogP contribution is -2.46. The maximum Gasteiger partial charge on any atom is 0.111 e. The fraction of sp³-hybridized carbons (Fsp3) is 1.00. The fourth-order valence-corrected chi connectivity index (χ4v) is 2.68. The summed E-state index contributed by atoms with van der Waals surface area (Å²) in [7, 11) is 0. The van der Waals surface area contributed by atoms with Crippen molar-refractivity contribution in [1.82, 2.24) is 0 Å². The van der Waals surface area contributed by atoms with E-state index in [4.69, 9.17) is 123 Å². The third-order valence-corrected chi connectivity index (χ3v) is 6.05. The quantitative estimate of drug-likeness (QED) is 0.0553. The molecule has 0 fully saturated rings. The van der Waals surface area contributed by atoms with E-state index in [9.17, 15) is 0 Å². The molecular weight excluding hydrogens is 672 g/mol. The van der Waals surface area contributed by atoms with Gasteiger partial charge >= 0.3 is 0 Å². The Bertz CT molecular complexity index is 530. The molecule has 0 heterocycles. The maximum atomic E-state index is 8.96. The van der Waals surface area contributed by atoms with Crippen LogP contribution in [0, 0.1) is 0 Å². The fourth-order valence-electron chi connectivity index (χ4n) is 2.68. The average Bonchev–Trinajstić information content (AvgIpc) is 3.12. The van der Waals surface area contributed by atoms with Crippen LogP contribution in [0.4, 0.5) is 0 Å². The largest absolute Gasteiger partial charge is 0.394 e. The van der Waals surface area contributed by atoms with E-state index in [-0.39, 0.29) is 0 Å². The minimum absolute atomic E-state index is 0.726. The Balaban J connectivity index is -0.000000269. The molecule has 0 amide bonds. The van der Waals surface area contributed by atoms with Crippen LogP contribution < -0.4 is 0 Å². The van der Waals surface area contributed by atoms with Crippen LogP contribution in [-0.2, 0) is 0 Å². The molecule has 0 aliphatic heterocycles. The second-order valence-electron chi connectivity index (χ2n) is 9.92. The molecule has 296 valence electrons. The number of aliphatic hydroxyl groups is 24. The molecule has 0 unspecified atom stereocenters. The molecule has 0 saturated heterocycles. The lowest BCUT2D eigenvalue weighted by molar-refractivity contribution is -0.123. The van der Waals surface area contributed by atoms with Crippen LogP contribution >= 0.6 is 0 Å². The third kappa shape index (κ3) is 22.0. The van der Waals surface area contributed by atoms with Crippen molar-refractivity contribution in [3.8, 4) is 0 Å². The first-order chi connectivity index (χ1) is 22.2. The zero-order valence-electron chi connectivity index (χ0n) is 25.6. The van der Waals surface area contributed by atoms with E-state index >= 15 is 0 Å². The summed E-state index contributed by atoms with van der Waals surface area (Å²) in [6, 6.07) is 0. The number of hydrogen-bond acceptors (Lipinski definition) is 24. The molecule has 0 spiro atoms. The second kappa shape index (κ2) is 30.8. The van der Waals surface area contributed by atoms with Crippen LogP contribution in [-0.4, -0.2) is 273 Å². The molecule has 0 aromatic carbocycles. The molecule has 24 nitrogen and oxygen atoms in total. The van der Waals surface area contributed by atoms with Gasteiger partial charge in [-0.05, 0) is 0 Å². The first-order valence-corrected chi connectivity index (χ1v) is 13.9. The van der Waals surface area contributed by atoms with Crippen molar-refractivity contribution in [2.75, 3.05) is 52.9 Å². The maximum absolute atomic E-state index is 8.96. The summed E-state index contributed by atoms with van der Waals surface area (Å²) in [6.07, 6.45) is -25.6. The molecule has 0 aromatic heterocycles. The van der Waals surface area contributed by atoms with Crippen molar-refractivity contribution in [1.29, 1.82) is 0 Å². The number of aliphatic hydroxyl groups excluding tert-OH is 24. The number of hydrogen-bond donors (Lipinski definition) is 24. The summed E-state index contributed by atoms with van der Waals surface area (Å²) < 4.78 is 0. The monoisotopic (exact) mass is 728 g/mol. The lowest BCUT2D eigenvalue weighted by Gasteiger charge is -2.24. The Labute approximate surface area is 273 Å². The van der Waals surface area contributed by atoms with E-state index in [2.05, 4.69) is 0 Å². The van der Waals surface area contributed by atoms with Gasteiger partial charge in [-0.15, -0.1) is 0 Å². The zero-order chi connectivity index (χ0) is 38.9. The van der Waals surface area contributed by atoms with Crippen molar-refractivity contribution < 1.29 is 123 Å². The SMILES string of the molecule is OC[C@@H](O)[C@@H](O)[C@H](O)[C@@H](O)CO.OC[C@@H](O)[C@@H](O)[C@H](O)[C@@H](O)CO.OC[C@@H](O)[C@@H](O)[C@H](O)[C@@H](O)CO.OC[C@@H](O)[C@@H](O)[C@H](O)[C@@H](O)CO. The van der Waals surface area contributed by atoms with Crippen LogP contribution in [0.25, 0.3) is 0 Å². The van der Waals surface area contributed by atoms with Gasteiger partial charge in [-0.2, -0.15) is 0 Å². The van der Waals surface area contributed by atoms with Gasteiger partial charge in [0.1, 0.15) is 97.7 Å². The van der Waals surface area contributed by atoms with Crippen molar-refractivity contribution in [3.05, 3.63) is 0 Å². The van der Waals surface area contributed by atoms with Gasteiger partial charge in [-0.25, -0.2) is 0 Å². The Morgan fingerprint density at radius 1 is 0.167 bits per heavy atom. The average molecular weight is 729 g/mol. The zero-order valence-corrected chi connectivity index (χ0v) is 25.6. The van der Waals surface area contributed by atoms with E-state index < -0.39 is 151 Å². The van der Waals surface area contributed by atoms with Crippen LogP contribution in [0.1, 0.15) is 0 Å². The first-order valence-electron chi connectivity index (χ1n) is 13.9. The molecule has 0 bridgehead atoms. The van der Waals surface area contributed by atoms with Gasteiger partial charge in [0.05, 0.1) is 52.9 Å². The van der Waals surface area contributed by atoms with Crippen molar-refractivity contribution in [2.45, 2.75) is 97.7 Å². The third-order valence-electron chi connectivity index (χ3n) is 6.05. The molecule has 0 aromatic rings. The summed E-state index contributed by atoms with van der Waals surface area (Å²) in [6.45, 7) is -5.81. The van der Waals surface area contributed by atoms with E-state index in [1.54, 1.807) is 0 Å². The van der Waals surface area contributed by atoms with Gasteiger partial charge in [0, 0.05) is 0 Å². The Morgan fingerprint density at radius 3 is 0.271 bits per heavy atom. The van der Waals surface area contributed by atoms with E-state index in [0.717, 1.165) is 0 Å². The minimum Gasteiger partial charge on any atom is -0.394 e. The van der Waals surface area contributed by atoms with Crippen LogP contribution in [0.5, 0.6) is 0 Å². The molecule has 0 saturated carbocycles. The molecule has 16 atom stereocenters. The molecule has 0 aliphatic rings.